The molecule has 0 spiro atoms. The number of hydrogen-bond acceptors (Lipinski definition) is 8. The van der Waals surface area contributed by atoms with E-state index in [2.05, 4.69) is 15.5 Å². The zero-order chi connectivity index (χ0) is 21.3. The lowest BCUT2D eigenvalue weighted by atomic mass is 10.2. The van der Waals surface area contributed by atoms with Crippen LogP contribution in [0.1, 0.15) is 20.8 Å². The summed E-state index contributed by atoms with van der Waals surface area (Å²) in [5.74, 6) is -1.98. The molecule has 154 valence electrons. The Bertz CT molecular complexity index is 1130. The first kappa shape index (κ1) is 19.4. The summed E-state index contributed by atoms with van der Waals surface area (Å²) in [6.45, 7) is 5.52. The van der Waals surface area contributed by atoms with E-state index in [0.717, 1.165) is 11.4 Å². The molecule has 0 amide bonds. The first-order valence-corrected chi connectivity index (χ1v) is 9.38. The smallest absolute Gasteiger partial charge is 0.350 e. The molecule has 0 saturated carbocycles. The molecule has 0 unspecified atom stereocenters. The number of nitrogens with one attached hydrogen (secondary N) is 1. The molecule has 9 nitrogen and oxygen atoms in total. The molecule has 0 radical (unpaired) electrons. The van der Waals surface area contributed by atoms with Gasteiger partial charge < -0.3 is 19.5 Å². The van der Waals surface area contributed by atoms with Gasteiger partial charge in [-0.2, -0.15) is 4.80 Å². The van der Waals surface area contributed by atoms with Gasteiger partial charge in [-0.25, -0.2) is 9.59 Å². The topological polar surface area (TPSA) is 105 Å². The van der Waals surface area contributed by atoms with Crippen LogP contribution in [-0.2, 0) is 19.1 Å². The second kappa shape index (κ2) is 7.51. The van der Waals surface area contributed by atoms with E-state index in [1.54, 1.807) is 18.2 Å². The van der Waals surface area contributed by atoms with Gasteiger partial charge in [0.1, 0.15) is 16.8 Å². The quantitative estimate of drug-likeness (QED) is 0.390. The molecule has 1 aliphatic rings. The van der Waals surface area contributed by atoms with E-state index < -0.39 is 17.7 Å². The highest BCUT2D eigenvalue weighted by molar-refractivity contribution is 6.15. The van der Waals surface area contributed by atoms with Crippen molar-refractivity contribution in [2.75, 3.05) is 11.9 Å². The molecule has 0 bridgehead atoms. The summed E-state index contributed by atoms with van der Waals surface area (Å²) >= 11 is 0. The first-order valence-electron chi connectivity index (χ1n) is 9.38. The highest BCUT2D eigenvalue weighted by Crippen LogP contribution is 2.23. The molecule has 30 heavy (non-hydrogen) atoms. The Morgan fingerprint density at radius 2 is 1.70 bits per heavy atom. The maximum atomic E-state index is 12.0. The SMILES string of the molecule is CCOc1ccc(-n2nc3ccc(NC=C4C(=O)OC(C)(C)OC4=O)cc3n2)cc1. The third kappa shape index (κ3) is 3.95. The Kier molecular flexibility index (Phi) is 4.86. The fourth-order valence-electron chi connectivity index (χ4n) is 2.90. The van der Waals surface area contributed by atoms with E-state index in [0.29, 0.717) is 23.3 Å². The molecule has 1 aliphatic heterocycles. The molecule has 9 heteroatoms. The molecule has 2 heterocycles. The zero-order valence-electron chi connectivity index (χ0n) is 16.7. The molecular weight excluding hydrogens is 388 g/mol. The number of benzene rings is 2. The van der Waals surface area contributed by atoms with Gasteiger partial charge in [0.05, 0.1) is 12.3 Å². The molecule has 3 aromatic rings. The number of hydrogen-bond donors (Lipinski definition) is 1. The Labute approximate surface area is 172 Å². The van der Waals surface area contributed by atoms with Gasteiger partial charge >= 0.3 is 11.9 Å². The minimum Gasteiger partial charge on any atom is -0.494 e. The average molecular weight is 408 g/mol. The highest BCUT2D eigenvalue weighted by atomic mass is 16.7. The summed E-state index contributed by atoms with van der Waals surface area (Å²) in [5.41, 5.74) is 2.54. The lowest BCUT2D eigenvalue weighted by molar-refractivity contribution is -0.222. The Hall–Kier alpha value is -3.88. The van der Waals surface area contributed by atoms with Crippen molar-refractivity contribution in [2.24, 2.45) is 0 Å². The van der Waals surface area contributed by atoms with E-state index in [-0.39, 0.29) is 5.57 Å². The van der Waals surface area contributed by atoms with Crippen molar-refractivity contribution in [2.45, 2.75) is 26.6 Å². The molecule has 1 saturated heterocycles. The van der Waals surface area contributed by atoms with Crippen LogP contribution in [0.3, 0.4) is 0 Å². The van der Waals surface area contributed by atoms with Crippen LogP contribution in [0.2, 0.25) is 0 Å². The summed E-state index contributed by atoms with van der Waals surface area (Å²) < 4.78 is 15.6. The van der Waals surface area contributed by atoms with Crippen molar-refractivity contribution in [1.29, 1.82) is 0 Å². The Morgan fingerprint density at radius 1 is 1.03 bits per heavy atom. The van der Waals surface area contributed by atoms with E-state index in [1.165, 1.54) is 24.8 Å². The van der Waals surface area contributed by atoms with Crippen molar-refractivity contribution >= 4 is 28.7 Å². The predicted molar refractivity (Wildman–Crippen MR) is 108 cm³/mol. The molecule has 4 rings (SSSR count). The van der Waals surface area contributed by atoms with Crippen LogP contribution in [0.5, 0.6) is 5.75 Å². The van der Waals surface area contributed by atoms with Crippen molar-refractivity contribution < 1.29 is 23.8 Å². The summed E-state index contributed by atoms with van der Waals surface area (Å²) in [6, 6.07) is 12.8. The number of esters is 2. The molecule has 0 atom stereocenters. The number of ether oxygens (including phenoxy) is 3. The van der Waals surface area contributed by atoms with E-state index in [1.807, 2.05) is 31.2 Å². The molecule has 1 N–H and O–H groups in total. The van der Waals surface area contributed by atoms with E-state index >= 15 is 0 Å². The van der Waals surface area contributed by atoms with Crippen molar-refractivity contribution in [3.05, 3.63) is 54.2 Å². The number of anilines is 1. The van der Waals surface area contributed by atoms with Gasteiger partial charge in [-0.05, 0) is 49.4 Å². The maximum absolute atomic E-state index is 12.0. The fourth-order valence-corrected chi connectivity index (χ4v) is 2.90. The minimum absolute atomic E-state index is 0.215. The number of carbonyl (C=O) groups is 2. The molecule has 2 aromatic carbocycles. The van der Waals surface area contributed by atoms with Gasteiger partial charge in [0.25, 0.3) is 5.79 Å². The normalized spacial score (nSPS) is 15.5. The predicted octanol–water partition coefficient (Wildman–Crippen LogP) is 2.95. The van der Waals surface area contributed by atoms with Crippen LogP contribution in [0.15, 0.2) is 54.2 Å². The van der Waals surface area contributed by atoms with Crippen LogP contribution >= 0.6 is 0 Å². The van der Waals surface area contributed by atoms with Gasteiger partial charge in [-0.3, -0.25) is 0 Å². The molecular formula is C21H20N4O5. The fraction of sp³-hybridized carbons (Fsp3) is 0.238. The Morgan fingerprint density at radius 3 is 2.37 bits per heavy atom. The van der Waals surface area contributed by atoms with Crippen molar-refractivity contribution in [3.63, 3.8) is 0 Å². The van der Waals surface area contributed by atoms with Crippen LogP contribution in [0.25, 0.3) is 16.7 Å². The molecule has 0 aliphatic carbocycles. The largest absolute Gasteiger partial charge is 0.494 e. The number of rotatable bonds is 5. The lowest BCUT2D eigenvalue weighted by Crippen LogP contribution is -2.42. The maximum Gasteiger partial charge on any atom is 0.350 e. The monoisotopic (exact) mass is 408 g/mol. The Balaban J connectivity index is 1.54. The minimum atomic E-state index is -1.27. The van der Waals surface area contributed by atoms with Gasteiger partial charge in [-0.1, -0.05) is 0 Å². The number of nitrogens with zero attached hydrogens (tertiary/aromatic N) is 3. The third-order valence-corrected chi connectivity index (χ3v) is 4.26. The van der Waals surface area contributed by atoms with Crippen LogP contribution < -0.4 is 10.1 Å². The second-order valence-electron chi connectivity index (χ2n) is 7.00. The second-order valence-corrected chi connectivity index (χ2v) is 7.00. The van der Waals surface area contributed by atoms with Crippen LogP contribution in [0.4, 0.5) is 5.69 Å². The van der Waals surface area contributed by atoms with Gasteiger partial charge in [0.2, 0.25) is 0 Å². The number of aromatic nitrogens is 3. The zero-order valence-corrected chi connectivity index (χ0v) is 16.7. The number of cyclic esters (lactones) is 2. The summed E-state index contributed by atoms with van der Waals surface area (Å²) in [5, 5.41) is 11.9. The summed E-state index contributed by atoms with van der Waals surface area (Å²) in [6.07, 6.45) is 1.26. The van der Waals surface area contributed by atoms with E-state index in [9.17, 15) is 9.59 Å². The van der Waals surface area contributed by atoms with Gasteiger partial charge in [0.15, 0.2) is 5.57 Å². The van der Waals surface area contributed by atoms with Crippen molar-refractivity contribution in [3.8, 4) is 11.4 Å². The van der Waals surface area contributed by atoms with Crippen LogP contribution in [0, 0.1) is 0 Å². The van der Waals surface area contributed by atoms with Crippen LogP contribution in [-0.4, -0.2) is 39.3 Å². The summed E-state index contributed by atoms with van der Waals surface area (Å²) in [7, 11) is 0. The summed E-state index contributed by atoms with van der Waals surface area (Å²) in [4.78, 5) is 25.6. The van der Waals surface area contributed by atoms with E-state index in [4.69, 9.17) is 14.2 Å². The van der Waals surface area contributed by atoms with Crippen molar-refractivity contribution in [1.82, 2.24) is 15.0 Å². The lowest BCUT2D eigenvalue weighted by Gasteiger charge is -2.29. The molecule has 1 aromatic heterocycles. The third-order valence-electron chi connectivity index (χ3n) is 4.26. The molecule has 1 fully saturated rings. The van der Waals surface area contributed by atoms with Gasteiger partial charge in [0, 0.05) is 25.7 Å². The van der Waals surface area contributed by atoms with Gasteiger partial charge in [-0.15, -0.1) is 10.2 Å². The number of carbonyl (C=O) groups excluding carboxylic acids is 2. The highest BCUT2D eigenvalue weighted by Gasteiger charge is 2.38. The standard InChI is InChI=1S/C21H20N4O5/c1-4-28-15-8-6-14(7-9-15)25-23-17-10-5-13(11-18(17)24-25)22-12-16-19(26)29-21(2,3)30-20(16)27/h5-12,22H,4H2,1-3H3. The average Bonchev–Trinajstić information content (AvgIpc) is 3.10. The first-order chi connectivity index (χ1) is 14.3. The number of fused-ring (bicyclic) bond motifs is 1.